The summed E-state index contributed by atoms with van der Waals surface area (Å²) in [6.45, 7) is 20.8. The minimum absolute atomic E-state index is 0.912. The fourth-order valence-electron chi connectivity index (χ4n) is 3.38. The van der Waals surface area contributed by atoms with Crippen LogP contribution in [0.1, 0.15) is 27.7 Å². The smallest absolute Gasteiger partial charge is 0.175 e. The zero-order valence-corrected chi connectivity index (χ0v) is 18.2. The molecule has 0 heterocycles. The third kappa shape index (κ3) is 10.0. The molecule has 0 fully saturated rings. The van der Waals surface area contributed by atoms with Crippen LogP contribution < -0.4 is 0 Å². The van der Waals surface area contributed by atoms with Crippen LogP contribution >= 0.6 is 0 Å². The van der Waals surface area contributed by atoms with Gasteiger partial charge in [0.1, 0.15) is 13.4 Å². The van der Waals surface area contributed by atoms with Gasteiger partial charge in [-0.15, -0.1) is 0 Å². The van der Waals surface area contributed by atoms with Gasteiger partial charge in [-0.05, 0) is 38.3 Å². The van der Waals surface area contributed by atoms with E-state index in [9.17, 15) is 0 Å². The zero-order chi connectivity index (χ0) is 16.5. The molecule has 0 aliphatic rings. The summed E-state index contributed by atoms with van der Waals surface area (Å²) in [5.74, 6) is 0. The Labute approximate surface area is 138 Å². The second-order valence-corrected chi connectivity index (χ2v) is 17.0. The average molecular weight is 326 g/mol. The van der Waals surface area contributed by atoms with Crippen molar-refractivity contribution in [3.63, 3.8) is 0 Å². The maximum absolute atomic E-state index is 6.78. The van der Waals surface area contributed by atoms with Crippen molar-refractivity contribution in [2.45, 2.75) is 104 Å². The summed E-state index contributed by atoms with van der Waals surface area (Å²) in [4.78, 5) is 0. The molecule has 5 heteroatoms. The van der Waals surface area contributed by atoms with Crippen molar-refractivity contribution >= 4 is 30.1 Å². The van der Waals surface area contributed by atoms with Crippen LogP contribution in [0, 0.1) is 0 Å². The second kappa shape index (κ2) is 10.3. The van der Waals surface area contributed by atoms with Gasteiger partial charge in [0.2, 0.25) is 0 Å². The Morgan fingerprint density at radius 3 is 1.24 bits per heavy atom. The molecular formula is C16H40B2OSi2. The summed E-state index contributed by atoms with van der Waals surface area (Å²) in [6.07, 6.45) is 8.12. The predicted octanol–water partition coefficient (Wildman–Crippen LogP) is 6.48. The predicted molar refractivity (Wildman–Crippen MR) is 109 cm³/mol. The molecule has 0 unspecified atom stereocenters. The molecule has 0 rings (SSSR count). The van der Waals surface area contributed by atoms with Crippen LogP contribution in [0.5, 0.6) is 0 Å². The lowest BCUT2D eigenvalue weighted by molar-refractivity contribution is 0.541. The Bertz CT molecular complexity index is 245. The van der Waals surface area contributed by atoms with E-state index in [-0.39, 0.29) is 0 Å². The van der Waals surface area contributed by atoms with Gasteiger partial charge in [0, 0.05) is 0 Å². The molecule has 0 aromatic heterocycles. The molecule has 0 spiro atoms. The Morgan fingerprint density at radius 1 is 0.667 bits per heavy atom. The van der Waals surface area contributed by atoms with Gasteiger partial charge in [0.05, 0.1) is 0 Å². The summed E-state index contributed by atoms with van der Waals surface area (Å²) in [5.41, 5.74) is 0. The molecule has 0 saturated heterocycles. The van der Waals surface area contributed by atoms with Crippen LogP contribution in [-0.2, 0) is 4.12 Å². The molecule has 0 amide bonds. The van der Waals surface area contributed by atoms with Crippen LogP contribution in [0.3, 0.4) is 0 Å². The van der Waals surface area contributed by atoms with E-state index in [1.165, 1.54) is 50.0 Å². The minimum atomic E-state index is -1.51. The third-order valence-corrected chi connectivity index (χ3v) is 12.1. The van der Waals surface area contributed by atoms with Crippen LogP contribution in [0.2, 0.25) is 76.2 Å². The van der Waals surface area contributed by atoms with Crippen LogP contribution in [0.15, 0.2) is 0 Å². The van der Waals surface area contributed by atoms with Crippen molar-refractivity contribution in [1.29, 1.82) is 0 Å². The van der Waals surface area contributed by atoms with E-state index in [1.54, 1.807) is 0 Å². The number of hydrogen-bond acceptors (Lipinski definition) is 1. The molecule has 21 heavy (non-hydrogen) atoms. The minimum Gasteiger partial charge on any atom is -0.456 e. The van der Waals surface area contributed by atoms with E-state index in [2.05, 4.69) is 53.9 Å². The normalized spacial score (nSPS) is 12.6. The average Bonchev–Trinajstić information content (AvgIpc) is 2.39. The van der Waals surface area contributed by atoms with Gasteiger partial charge in [-0.2, -0.15) is 0 Å². The van der Waals surface area contributed by atoms with Crippen molar-refractivity contribution in [2.24, 2.45) is 0 Å². The highest BCUT2D eigenvalue weighted by Crippen LogP contribution is 2.29. The van der Waals surface area contributed by atoms with Gasteiger partial charge >= 0.3 is 0 Å². The molecule has 1 nitrogen and oxygen atoms in total. The van der Waals surface area contributed by atoms with Crippen LogP contribution in [0.25, 0.3) is 0 Å². The van der Waals surface area contributed by atoms with E-state index in [4.69, 9.17) is 4.12 Å². The topological polar surface area (TPSA) is 9.23 Å². The zero-order valence-electron chi connectivity index (χ0n) is 16.2. The van der Waals surface area contributed by atoms with Gasteiger partial charge in [0.15, 0.2) is 16.6 Å². The maximum Gasteiger partial charge on any atom is 0.175 e. The fraction of sp³-hybridized carbons (Fsp3) is 1.00. The Kier molecular flexibility index (Phi) is 10.6. The summed E-state index contributed by atoms with van der Waals surface area (Å²) < 4.78 is 6.78. The molecule has 0 aliphatic heterocycles. The van der Waals surface area contributed by atoms with Crippen molar-refractivity contribution in [3.05, 3.63) is 0 Å². The first kappa shape index (κ1) is 21.5. The maximum atomic E-state index is 6.78. The highest BCUT2D eigenvalue weighted by atomic mass is 28.4. The van der Waals surface area contributed by atoms with Crippen molar-refractivity contribution in [3.8, 4) is 0 Å². The molecule has 0 aromatic rings. The van der Waals surface area contributed by atoms with Gasteiger partial charge < -0.3 is 4.12 Å². The first-order valence-electron chi connectivity index (χ1n) is 9.39. The van der Waals surface area contributed by atoms with Crippen LogP contribution in [-0.4, -0.2) is 30.1 Å². The van der Waals surface area contributed by atoms with Gasteiger partial charge in [0.25, 0.3) is 0 Å². The largest absolute Gasteiger partial charge is 0.456 e. The molecule has 0 aromatic carbocycles. The van der Waals surface area contributed by atoms with E-state index >= 15 is 0 Å². The molecule has 0 bridgehead atoms. The van der Waals surface area contributed by atoms with Crippen molar-refractivity contribution in [1.82, 2.24) is 0 Å². The van der Waals surface area contributed by atoms with E-state index in [0.29, 0.717) is 0 Å². The fourth-order valence-corrected chi connectivity index (χ4v) is 12.4. The van der Waals surface area contributed by atoms with E-state index in [0.717, 1.165) is 13.4 Å². The first-order chi connectivity index (χ1) is 9.69. The van der Waals surface area contributed by atoms with Gasteiger partial charge in [-0.25, -0.2) is 0 Å². The van der Waals surface area contributed by atoms with E-state index < -0.39 is 16.6 Å². The molecule has 0 radical (unpaired) electrons. The highest BCUT2D eigenvalue weighted by Gasteiger charge is 2.35. The second-order valence-electron chi connectivity index (χ2n) is 8.11. The highest BCUT2D eigenvalue weighted by molar-refractivity contribution is 6.86. The molecule has 124 valence electrons. The Morgan fingerprint density at radius 2 is 1.00 bits per heavy atom. The lowest BCUT2D eigenvalue weighted by Crippen LogP contribution is -2.45. The van der Waals surface area contributed by atoms with Gasteiger partial charge in [-0.3, -0.25) is 0 Å². The van der Waals surface area contributed by atoms with Crippen molar-refractivity contribution in [2.75, 3.05) is 0 Å². The SMILES string of the molecule is CCB(CC)CC[Si](C)(CCB(CC)CC)O[Si](C)(C)C. The van der Waals surface area contributed by atoms with Gasteiger partial charge in [-0.1, -0.05) is 65.6 Å². The molecule has 0 N–H and O–H groups in total. The quantitative estimate of drug-likeness (QED) is 0.373. The molecular weight excluding hydrogens is 286 g/mol. The summed E-state index contributed by atoms with van der Waals surface area (Å²) in [7, 11) is -2.93. The summed E-state index contributed by atoms with van der Waals surface area (Å²) >= 11 is 0. The van der Waals surface area contributed by atoms with E-state index in [1.807, 2.05) is 0 Å². The summed E-state index contributed by atoms with van der Waals surface area (Å²) in [5, 5.41) is 0. The van der Waals surface area contributed by atoms with Crippen LogP contribution in [0.4, 0.5) is 0 Å². The molecule has 0 atom stereocenters. The third-order valence-electron chi connectivity index (χ3n) is 5.02. The summed E-state index contributed by atoms with van der Waals surface area (Å²) in [6, 6.07) is 2.76. The van der Waals surface area contributed by atoms with Crippen molar-refractivity contribution < 1.29 is 4.12 Å². The lowest BCUT2D eigenvalue weighted by atomic mass is 9.44. The molecule has 0 aliphatic carbocycles. The number of hydrogen-bond donors (Lipinski definition) is 0. The Hall–Kier alpha value is 0.524. The first-order valence-corrected chi connectivity index (χ1v) is 15.6. The monoisotopic (exact) mass is 326 g/mol. The Balaban J connectivity index is 4.68. The molecule has 0 saturated carbocycles. The standard InChI is InChI=1S/C16H40B2OSi2/c1-9-17(10-2)13-15-21(8,19-20(5,6)7)16-14-18(11-3)12-4/h9-16H2,1-8H3. The number of rotatable bonds is 12. The lowest BCUT2D eigenvalue weighted by Gasteiger charge is -2.36.